The van der Waals surface area contributed by atoms with Crippen molar-refractivity contribution in [2.45, 2.75) is 6.54 Å². The number of rotatable bonds is 3. The second-order valence-corrected chi connectivity index (χ2v) is 5.82. The normalized spacial score (nSPS) is 10.5. The van der Waals surface area contributed by atoms with Crippen molar-refractivity contribution < 1.29 is 4.79 Å². The number of hydrogen-bond acceptors (Lipinski definition) is 2. The Morgan fingerprint density at radius 1 is 1.65 bits per heavy atom. The van der Waals surface area contributed by atoms with Crippen LogP contribution < -0.4 is 5.32 Å². The Morgan fingerprint density at radius 2 is 2.41 bits per heavy atom. The first kappa shape index (κ1) is 12.7. The lowest BCUT2D eigenvalue weighted by Gasteiger charge is -2.05. The van der Waals surface area contributed by atoms with E-state index in [1.54, 1.807) is 35.2 Å². The summed E-state index contributed by atoms with van der Waals surface area (Å²) in [6.45, 7) is 0.514. The number of aromatic nitrogens is 1. The zero-order valence-corrected chi connectivity index (χ0v) is 12.2. The third-order valence-corrected chi connectivity index (χ3v) is 4.44. The lowest BCUT2D eigenvalue weighted by molar-refractivity contribution is 0.0943. The summed E-state index contributed by atoms with van der Waals surface area (Å²) in [5.41, 5.74) is 0.558. The molecular formula is C11H10BrClN2OS. The molecule has 0 bridgehead atoms. The number of nitrogens with zero attached hydrogens (tertiary/aromatic N) is 1. The minimum atomic E-state index is -0.125. The van der Waals surface area contributed by atoms with Crippen molar-refractivity contribution in [1.82, 2.24) is 9.88 Å². The zero-order valence-electron chi connectivity index (χ0n) is 9.04. The van der Waals surface area contributed by atoms with E-state index in [1.807, 2.05) is 11.4 Å². The van der Waals surface area contributed by atoms with Crippen molar-refractivity contribution >= 4 is 44.8 Å². The number of halogens is 2. The van der Waals surface area contributed by atoms with Crippen LogP contribution >= 0.6 is 38.9 Å². The van der Waals surface area contributed by atoms with E-state index >= 15 is 0 Å². The van der Waals surface area contributed by atoms with Crippen LogP contribution in [0.5, 0.6) is 0 Å². The van der Waals surface area contributed by atoms with Crippen LogP contribution in [0.25, 0.3) is 0 Å². The van der Waals surface area contributed by atoms with Crippen LogP contribution in [-0.4, -0.2) is 10.5 Å². The van der Waals surface area contributed by atoms with Crippen molar-refractivity contribution in [3.63, 3.8) is 0 Å². The quantitative estimate of drug-likeness (QED) is 0.917. The molecular weight excluding hydrogens is 324 g/mol. The molecule has 0 aliphatic rings. The highest BCUT2D eigenvalue weighted by Crippen LogP contribution is 2.22. The molecule has 1 N–H and O–H groups in total. The fourth-order valence-electron chi connectivity index (χ4n) is 1.45. The van der Waals surface area contributed by atoms with Crippen LogP contribution in [0.2, 0.25) is 5.02 Å². The van der Waals surface area contributed by atoms with Gasteiger partial charge in [-0.2, -0.15) is 0 Å². The smallest absolute Gasteiger partial charge is 0.268 e. The molecule has 0 aliphatic heterocycles. The molecule has 2 aromatic rings. The van der Waals surface area contributed by atoms with Crippen LogP contribution in [-0.2, 0) is 13.6 Å². The lowest BCUT2D eigenvalue weighted by atomic mass is 10.4. The van der Waals surface area contributed by atoms with Gasteiger partial charge in [0.05, 0.1) is 11.6 Å². The Bertz CT molecular complexity index is 549. The number of amides is 1. The molecule has 90 valence electrons. The molecule has 0 aromatic carbocycles. The summed E-state index contributed by atoms with van der Waals surface area (Å²) in [7, 11) is 1.79. The molecule has 2 heterocycles. The van der Waals surface area contributed by atoms with Crippen molar-refractivity contribution in [1.29, 1.82) is 0 Å². The topological polar surface area (TPSA) is 34.0 Å². The largest absolute Gasteiger partial charge is 0.346 e. The maximum absolute atomic E-state index is 11.9. The van der Waals surface area contributed by atoms with Crippen molar-refractivity contribution in [3.05, 3.63) is 43.8 Å². The molecule has 6 heteroatoms. The maximum Gasteiger partial charge on any atom is 0.268 e. The molecule has 0 atom stereocenters. The van der Waals surface area contributed by atoms with Gasteiger partial charge in [0.15, 0.2) is 0 Å². The highest BCUT2D eigenvalue weighted by atomic mass is 79.9. The number of hydrogen-bond donors (Lipinski definition) is 1. The van der Waals surface area contributed by atoms with Gasteiger partial charge in [-0.3, -0.25) is 4.79 Å². The van der Waals surface area contributed by atoms with E-state index < -0.39 is 0 Å². The number of nitrogens with one attached hydrogen (secondary N) is 1. The first-order valence-electron chi connectivity index (χ1n) is 4.90. The van der Waals surface area contributed by atoms with E-state index in [9.17, 15) is 4.79 Å². The van der Waals surface area contributed by atoms with Gasteiger partial charge in [-0.05, 0) is 33.4 Å². The Balaban J connectivity index is 2.03. The third-order valence-electron chi connectivity index (χ3n) is 2.30. The summed E-state index contributed by atoms with van der Waals surface area (Å²) in [6, 6.07) is 3.62. The van der Waals surface area contributed by atoms with Crippen LogP contribution in [0.15, 0.2) is 28.2 Å². The number of carbonyl (C=O) groups is 1. The molecule has 2 rings (SSSR count). The molecule has 1 amide bonds. The molecule has 3 nitrogen and oxygen atoms in total. The summed E-state index contributed by atoms with van der Waals surface area (Å²) in [4.78, 5) is 13.0. The van der Waals surface area contributed by atoms with E-state index in [2.05, 4.69) is 21.2 Å². The van der Waals surface area contributed by atoms with Crippen LogP contribution in [0.1, 0.15) is 15.4 Å². The predicted octanol–water partition coefficient (Wildman–Crippen LogP) is 3.43. The average molecular weight is 334 g/mol. The molecule has 0 spiro atoms. The maximum atomic E-state index is 11.9. The van der Waals surface area contributed by atoms with E-state index in [4.69, 9.17) is 11.6 Å². The van der Waals surface area contributed by atoms with Crippen molar-refractivity contribution in [2.75, 3.05) is 0 Å². The Hall–Kier alpha value is -0.780. The summed E-state index contributed by atoms with van der Waals surface area (Å²) >= 11 is 10.9. The Labute approximate surface area is 117 Å². The molecule has 17 heavy (non-hydrogen) atoms. The standard InChI is InChI=1S/C11H10BrClN2OS/c1-15-6-7(13)4-9(15)11(16)14-5-10-8(12)2-3-17-10/h2-4,6H,5H2,1H3,(H,14,16). The molecule has 0 unspecified atom stereocenters. The van der Waals surface area contributed by atoms with Gasteiger partial charge in [-0.15, -0.1) is 11.3 Å². The number of aryl methyl sites for hydroxylation is 1. The van der Waals surface area contributed by atoms with Gasteiger partial charge in [0, 0.05) is 22.6 Å². The van der Waals surface area contributed by atoms with Crippen molar-refractivity contribution in [2.24, 2.45) is 7.05 Å². The number of thiophene rings is 1. The molecule has 2 aromatic heterocycles. The van der Waals surface area contributed by atoms with E-state index in [-0.39, 0.29) is 5.91 Å². The lowest BCUT2D eigenvalue weighted by Crippen LogP contribution is -2.24. The van der Waals surface area contributed by atoms with Crippen LogP contribution in [0, 0.1) is 0 Å². The SMILES string of the molecule is Cn1cc(Cl)cc1C(=O)NCc1sccc1Br. The first-order valence-corrected chi connectivity index (χ1v) is 6.95. The monoisotopic (exact) mass is 332 g/mol. The average Bonchev–Trinajstić information content (AvgIpc) is 2.81. The predicted molar refractivity (Wildman–Crippen MR) is 73.6 cm³/mol. The van der Waals surface area contributed by atoms with Crippen LogP contribution in [0.4, 0.5) is 0 Å². The molecule has 0 fully saturated rings. The zero-order chi connectivity index (χ0) is 12.4. The van der Waals surface area contributed by atoms with Gasteiger partial charge in [0.1, 0.15) is 5.69 Å². The highest BCUT2D eigenvalue weighted by Gasteiger charge is 2.11. The Kier molecular flexibility index (Phi) is 3.91. The van der Waals surface area contributed by atoms with Gasteiger partial charge >= 0.3 is 0 Å². The summed E-state index contributed by atoms with van der Waals surface area (Å²) < 4.78 is 2.73. The van der Waals surface area contributed by atoms with Gasteiger partial charge < -0.3 is 9.88 Å². The summed E-state index contributed by atoms with van der Waals surface area (Å²) in [6.07, 6.45) is 1.71. The molecule has 0 radical (unpaired) electrons. The minimum Gasteiger partial charge on any atom is -0.346 e. The van der Waals surface area contributed by atoms with Gasteiger partial charge in [0.25, 0.3) is 5.91 Å². The van der Waals surface area contributed by atoms with Crippen molar-refractivity contribution in [3.8, 4) is 0 Å². The molecule has 0 saturated carbocycles. The first-order chi connectivity index (χ1) is 8.08. The minimum absolute atomic E-state index is 0.125. The molecule has 0 aliphatic carbocycles. The fraction of sp³-hybridized carbons (Fsp3) is 0.182. The van der Waals surface area contributed by atoms with E-state index in [1.165, 1.54) is 0 Å². The van der Waals surface area contributed by atoms with Gasteiger partial charge in [-0.1, -0.05) is 11.6 Å². The highest BCUT2D eigenvalue weighted by molar-refractivity contribution is 9.10. The molecule has 0 saturated heterocycles. The third kappa shape index (κ3) is 2.91. The van der Waals surface area contributed by atoms with E-state index in [0.29, 0.717) is 17.3 Å². The van der Waals surface area contributed by atoms with Gasteiger partial charge in [-0.25, -0.2) is 0 Å². The summed E-state index contributed by atoms with van der Waals surface area (Å²) in [5.74, 6) is -0.125. The number of carbonyl (C=O) groups excluding carboxylic acids is 1. The van der Waals surface area contributed by atoms with Crippen LogP contribution in [0.3, 0.4) is 0 Å². The second-order valence-electron chi connectivity index (χ2n) is 3.53. The van der Waals surface area contributed by atoms with Gasteiger partial charge in [0.2, 0.25) is 0 Å². The summed E-state index contributed by atoms with van der Waals surface area (Å²) in [5, 5.41) is 5.40. The second kappa shape index (κ2) is 5.25. The van der Waals surface area contributed by atoms with E-state index in [0.717, 1.165) is 9.35 Å². The fourth-order valence-corrected chi connectivity index (χ4v) is 3.13. The Morgan fingerprint density at radius 3 is 2.94 bits per heavy atom.